The van der Waals surface area contributed by atoms with Gasteiger partial charge < -0.3 is 14.5 Å². The Balaban J connectivity index is 1.58. The second-order valence-electron chi connectivity index (χ2n) is 7.02. The van der Waals surface area contributed by atoms with Crippen LogP contribution in [0.25, 0.3) is 27.1 Å². The van der Waals surface area contributed by atoms with E-state index in [1.807, 2.05) is 37.3 Å². The maximum absolute atomic E-state index is 12.8. The number of amides is 1. The second kappa shape index (κ2) is 9.40. The highest BCUT2D eigenvalue weighted by Gasteiger charge is 2.23. The molecule has 1 N–H and O–H groups in total. The van der Waals surface area contributed by atoms with Crippen LogP contribution in [-0.4, -0.2) is 23.5 Å². The number of carbonyl (C=O) groups excluding carboxylic acids is 2. The van der Waals surface area contributed by atoms with Crippen molar-refractivity contribution in [2.45, 2.75) is 20.8 Å². The van der Waals surface area contributed by atoms with Crippen molar-refractivity contribution in [1.82, 2.24) is 4.98 Å². The number of carbonyl (C=O) groups is 2. The number of furan rings is 1. The van der Waals surface area contributed by atoms with Gasteiger partial charge >= 0.3 is 5.97 Å². The van der Waals surface area contributed by atoms with Crippen molar-refractivity contribution in [3.8, 4) is 16.8 Å². The van der Waals surface area contributed by atoms with Gasteiger partial charge in [0.25, 0.3) is 5.91 Å². The zero-order chi connectivity index (χ0) is 23.5. The number of anilines is 1. The Morgan fingerprint density at radius 3 is 2.73 bits per heavy atom. The van der Waals surface area contributed by atoms with Crippen LogP contribution < -0.4 is 5.32 Å². The molecule has 0 saturated carbocycles. The summed E-state index contributed by atoms with van der Waals surface area (Å²) in [5.74, 6) is -0.250. The van der Waals surface area contributed by atoms with Crippen molar-refractivity contribution in [3.63, 3.8) is 0 Å². The fraction of sp³-hybridized carbons (Fsp3) is 0.167. The summed E-state index contributed by atoms with van der Waals surface area (Å²) in [5, 5.41) is 13.3. The van der Waals surface area contributed by atoms with Crippen LogP contribution in [0, 0.1) is 25.2 Å². The normalized spacial score (nSPS) is 11.4. The number of nitrogens with zero attached hydrogens (tertiary/aromatic N) is 2. The molecule has 33 heavy (non-hydrogen) atoms. The molecule has 9 heteroatoms. The lowest BCUT2D eigenvalue weighted by Gasteiger charge is -2.06. The predicted molar refractivity (Wildman–Crippen MR) is 129 cm³/mol. The van der Waals surface area contributed by atoms with Gasteiger partial charge in [-0.25, -0.2) is 9.78 Å². The number of thiazole rings is 1. The number of nitriles is 1. The minimum absolute atomic E-state index is 0.154. The Kier molecular flexibility index (Phi) is 6.40. The molecule has 7 nitrogen and oxygen atoms in total. The summed E-state index contributed by atoms with van der Waals surface area (Å²) in [5.41, 5.74) is 1.77. The van der Waals surface area contributed by atoms with E-state index >= 15 is 0 Å². The first kappa shape index (κ1) is 22.5. The zero-order valence-electron chi connectivity index (χ0n) is 18.1. The molecule has 0 spiro atoms. The third kappa shape index (κ3) is 4.58. The Hall–Kier alpha value is -3.74. The van der Waals surface area contributed by atoms with Crippen molar-refractivity contribution < 1.29 is 18.7 Å². The van der Waals surface area contributed by atoms with E-state index in [4.69, 9.17) is 9.15 Å². The van der Waals surface area contributed by atoms with Gasteiger partial charge in [0.05, 0.1) is 22.4 Å². The highest BCUT2D eigenvalue weighted by Crippen LogP contribution is 2.34. The Morgan fingerprint density at radius 2 is 2.00 bits per heavy atom. The number of hydrogen-bond donors (Lipinski definition) is 1. The van der Waals surface area contributed by atoms with E-state index < -0.39 is 11.9 Å². The molecular formula is C24H19N3O4S2. The summed E-state index contributed by atoms with van der Waals surface area (Å²) in [6.07, 6.45) is 1.36. The molecule has 0 fully saturated rings. The number of hydrogen-bond acceptors (Lipinski definition) is 8. The molecule has 0 saturated heterocycles. The van der Waals surface area contributed by atoms with Crippen LogP contribution in [0.5, 0.6) is 0 Å². The summed E-state index contributed by atoms with van der Waals surface area (Å²) in [6.45, 7) is 5.58. The molecule has 4 rings (SSSR count). The fourth-order valence-corrected chi connectivity index (χ4v) is 5.12. The predicted octanol–water partition coefficient (Wildman–Crippen LogP) is 5.96. The number of aromatic nitrogens is 1. The SMILES string of the molecule is CCOC(=O)c1c(NC(=O)C(C#N)=Cc2ccc(-c3nc4ccccc4s3)o2)sc(C)c1C. The van der Waals surface area contributed by atoms with Gasteiger partial charge in [-0.05, 0) is 50.6 Å². The maximum Gasteiger partial charge on any atom is 0.341 e. The highest BCUT2D eigenvalue weighted by atomic mass is 32.1. The summed E-state index contributed by atoms with van der Waals surface area (Å²) in [7, 11) is 0. The lowest BCUT2D eigenvalue weighted by Crippen LogP contribution is -2.16. The molecule has 0 aliphatic heterocycles. The van der Waals surface area contributed by atoms with Crippen molar-refractivity contribution in [2.24, 2.45) is 0 Å². The van der Waals surface area contributed by atoms with Crippen molar-refractivity contribution in [1.29, 1.82) is 5.26 Å². The van der Waals surface area contributed by atoms with Gasteiger partial charge in [0.1, 0.15) is 22.4 Å². The van der Waals surface area contributed by atoms with E-state index in [9.17, 15) is 14.9 Å². The Morgan fingerprint density at radius 1 is 1.21 bits per heavy atom. The van der Waals surface area contributed by atoms with Crippen LogP contribution in [-0.2, 0) is 9.53 Å². The molecule has 0 unspecified atom stereocenters. The van der Waals surface area contributed by atoms with Gasteiger partial charge in [0, 0.05) is 11.0 Å². The molecule has 0 atom stereocenters. The molecule has 3 heterocycles. The summed E-state index contributed by atoms with van der Waals surface area (Å²) in [4.78, 5) is 30.6. The number of aryl methyl sites for hydroxylation is 1. The molecule has 0 aliphatic rings. The number of fused-ring (bicyclic) bond motifs is 1. The lowest BCUT2D eigenvalue weighted by atomic mass is 10.1. The van der Waals surface area contributed by atoms with Crippen molar-refractivity contribution in [3.05, 3.63) is 63.7 Å². The number of rotatable bonds is 6. The van der Waals surface area contributed by atoms with Gasteiger partial charge in [0.2, 0.25) is 0 Å². The third-order valence-corrected chi connectivity index (χ3v) is 7.05. The number of para-hydroxylation sites is 1. The maximum atomic E-state index is 12.8. The Bertz CT molecular complexity index is 1400. The van der Waals surface area contributed by atoms with E-state index in [0.717, 1.165) is 20.7 Å². The largest absolute Gasteiger partial charge is 0.462 e. The zero-order valence-corrected chi connectivity index (χ0v) is 19.7. The van der Waals surface area contributed by atoms with Crippen LogP contribution in [0.1, 0.15) is 33.5 Å². The number of benzene rings is 1. The highest BCUT2D eigenvalue weighted by molar-refractivity contribution is 7.21. The minimum atomic E-state index is -0.637. The fourth-order valence-electron chi connectivity index (χ4n) is 3.15. The number of esters is 1. The van der Waals surface area contributed by atoms with E-state index in [0.29, 0.717) is 27.1 Å². The molecule has 0 aliphatic carbocycles. The van der Waals surface area contributed by atoms with Crippen molar-refractivity contribution in [2.75, 3.05) is 11.9 Å². The van der Waals surface area contributed by atoms with Gasteiger partial charge in [-0.1, -0.05) is 12.1 Å². The first-order valence-electron chi connectivity index (χ1n) is 10.1. The molecule has 3 aromatic heterocycles. The lowest BCUT2D eigenvalue weighted by molar-refractivity contribution is -0.112. The first-order chi connectivity index (χ1) is 15.9. The molecule has 4 aromatic rings. The summed E-state index contributed by atoms with van der Waals surface area (Å²) >= 11 is 2.76. The van der Waals surface area contributed by atoms with Crippen LogP contribution in [0.4, 0.5) is 5.00 Å². The molecule has 1 aromatic carbocycles. The van der Waals surface area contributed by atoms with Gasteiger partial charge in [0.15, 0.2) is 10.8 Å². The Labute approximate surface area is 197 Å². The standard InChI is InChI=1S/C24H19N3O4S2/c1-4-30-24(29)20-13(2)14(3)32-23(20)27-21(28)15(12-25)11-16-9-10-18(31-16)22-26-17-7-5-6-8-19(17)33-22/h5-11H,4H2,1-3H3,(H,27,28). The monoisotopic (exact) mass is 477 g/mol. The molecular weight excluding hydrogens is 458 g/mol. The van der Waals surface area contributed by atoms with Crippen molar-refractivity contribution >= 4 is 55.8 Å². The average Bonchev–Trinajstić information content (AvgIpc) is 3.49. The number of nitrogens with one attached hydrogen (secondary N) is 1. The van der Waals surface area contributed by atoms with Crippen LogP contribution in [0.15, 0.2) is 46.4 Å². The van der Waals surface area contributed by atoms with Crippen LogP contribution >= 0.6 is 22.7 Å². The first-order valence-corrected chi connectivity index (χ1v) is 11.7. The quantitative estimate of drug-likeness (QED) is 0.209. The molecule has 1 amide bonds. The second-order valence-corrected chi connectivity index (χ2v) is 9.28. The average molecular weight is 478 g/mol. The van der Waals surface area contributed by atoms with Gasteiger partial charge in [-0.15, -0.1) is 22.7 Å². The minimum Gasteiger partial charge on any atom is -0.462 e. The topological polar surface area (TPSA) is 105 Å². The summed E-state index contributed by atoms with van der Waals surface area (Å²) in [6, 6.07) is 13.1. The van der Waals surface area contributed by atoms with Gasteiger partial charge in [-0.3, -0.25) is 4.79 Å². The van der Waals surface area contributed by atoms with E-state index in [1.54, 1.807) is 26.0 Å². The summed E-state index contributed by atoms with van der Waals surface area (Å²) < 4.78 is 12.0. The smallest absolute Gasteiger partial charge is 0.341 e. The molecule has 166 valence electrons. The van der Waals surface area contributed by atoms with Gasteiger partial charge in [-0.2, -0.15) is 5.26 Å². The molecule has 0 radical (unpaired) electrons. The number of ether oxygens (including phenoxy) is 1. The van der Waals surface area contributed by atoms with E-state index in [-0.39, 0.29) is 12.2 Å². The van der Waals surface area contributed by atoms with E-state index in [2.05, 4.69) is 10.3 Å². The van der Waals surface area contributed by atoms with Crippen LogP contribution in [0.3, 0.4) is 0 Å². The number of thiophene rings is 1. The third-order valence-electron chi connectivity index (χ3n) is 4.88. The van der Waals surface area contributed by atoms with Crippen LogP contribution in [0.2, 0.25) is 0 Å². The van der Waals surface area contributed by atoms with E-state index in [1.165, 1.54) is 28.7 Å². The molecule has 0 bridgehead atoms.